The van der Waals surface area contributed by atoms with Gasteiger partial charge in [-0.3, -0.25) is 4.79 Å². The molecule has 2 heterocycles. The summed E-state index contributed by atoms with van der Waals surface area (Å²) < 4.78 is 44.5. The number of halogens is 1. The number of sulfone groups is 1. The Morgan fingerprint density at radius 2 is 1.88 bits per heavy atom. The lowest BCUT2D eigenvalue weighted by atomic mass is 9.96. The summed E-state index contributed by atoms with van der Waals surface area (Å²) in [6, 6.07) is 19.5. The van der Waals surface area contributed by atoms with Crippen molar-refractivity contribution >= 4 is 26.5 Å². The number of nitrogens with zero attached hydrogens (tertiary/aromatic N) is 1. The molecule has 5 nitrogen and oxygen atoms in total. The average Bonchev–Trinajstić information content (AvgIpc) is 3.38. The highest BCUT2D eigenvalue weighted by atomic mass is 32.2. The van der Waals surface area contributed by atoms with Gasteiger partial charge in [-0.05, 0) is 60.4 Å². The van der Waals surface area contributed by atoms with Crippen molar-refractivity contribution in [1.82, 2.24) is 4.57 Å². The number of fused-ring (bicyclic) bond motifs is 1. The van der Waals surface area contributed by atoms with Crippen LogP contribution in [-0.4, -0.2) is 37.4 Å². The molecule has 34 heavy (non-hydrogen) atoms. The molecule has 174 valence electrons. The van der Waals surface area contributed by atoms with Gasteiger partial charge in [0.25, 0.3) is 0 Å². The first-order valence-electron chi connectivity index (χ1n) is 11.1. The number of aromatic nitrogens is 1. The molecule has 1 unspecified atom stereocenters. The van der Waals surface area contributed by atoms with Gasteiger partial charge in [0.1, 0.15) is 11.6 Å². The van der Waals surface area contributed by atoms with Gasteiger partial charge in [-0.2, -0.15) is 0 Å². The molecule has 0 saturated carbocycles. The number of rotatable bonds is 6. The number of carbonyl (C=O) groups excluding carboxylic acids is 1. The lowest BCUT2D eigenvalue weighted by Gasteiger charge is -2.09. The van der Waals surface area contributed by atoms with Gasteiger partial charge in [0, 0.05) is 34.8 Å². The Bertz CT molecular complexity index is 1490. The first-order chi connectivity index (χ1) is 16.3. The smallest absolute Gasteiger partial charge is 0.163 e. The molecule has 1 aliphatic heterocycles. The molecule has 0 aliphatic carbocycles. The topological polar surface area (TPSA) is 65.4 Å². The zero-order valence-corrected chi connectivity index (χ0v) is 19.5. The fourth-order valence-electron chi connectivity index (χ4n) is 4.65. The number of hydrogen-bond acceptors (Lipinski definition) is 4. The molecule has 1 atom stereocenters. The largest absolute Gasteiger partial charge is 0.497 e. The Hall–Kier alpha value is -3.45. The summed E-state index contributed by atoms with van der Waals surface area (Å²) in [7, 11) is -1.42. The minimum absolute atomic E-state index is 0.0706. The van der Waals surface area contributed by atoms with Crippen LogP contribution < -0.4 is 4.74 Å². The lowest BCUT2D eigenvalue weighted by Crippen LogP contribution is -2.10. The highest BCUT2D eigenvalue weighted by Gasteiger charge is 2.29. The van der Waals surface area contributed by atoms with Gasteiger partial charge in [-0.25, -0.2) is 12.8 Å². The molecule has 7 heteroatoms. The number of hydrogen-bond donors (Lipinski definition) is 0. The van der Waals surface area contributed by atoms with Crippen molar-refractivity contribution in [2.75, 3.05) is 18.6 Å². The second-order valence-electron chi connectivity index (χ2n) is 8.75. The molecule has 4 aromatic rings. The molecular formula is C27H24FNO4S. The monoisotopic (exact) mass is 477 g/mol. The van der Waals surface area contributed by atoms with Gasteiger partial charge in [0.15, 0.2) is 15.6 Å². The molecule has 1 fully saturated rings. The molecule has 1 aromatic heterocycles. The molecule has 0 N–H and O–H groups in total. The second kappa shape index (κ2) is 8.72. The maximum absolute atomic E-state index is 13.6. The van der Waals surface area contributed by atoms with Crippen molar-refractivity contribution in [2.24, 2.45) is 5.92 Å². The van der Waals surface area contributed by atoms with Crippen LogP contribution in [-0.2, 0) is 9.84 Å². The normalized spacial score (nSPS) is 17.2. The van der Waals surface area contributed by atoms with Crippen LogP contribution in [0.4, 0.5) is 4.39 Å². The van der Waals surface area contributed by atoms with Crippen LogP contribution in [0, 0.1) is 11.7 Å². The van der Waals surface area contributed by atoms with Crippen molar-refractivity contribution in [2.45, 2.75) is 12.8 Å². The van der Waals surface area contributed by atoms with E-state index in [0.717, 1.165) is 33.5 Å². The van der Waals surface area contributed by atoms with Crippen molar-refractivity contribution in [3.8, 4) is 22.6 Å². The zero-order valence-electron chi connectivity index (χ0n) is 18.7. The summed E-state index contributed by atoms with van der Waals surface area (Å²) in [5.74, 6) is 0.436. The predicted molar refractivity (Wildman–Crippen MR) is 131 cm³/mol. The summed E-state index contributed by atoms with van der Waals surface area (Å²) in [6.07, 6.45) is 2.72. The highest BCUT2D eigenvalue weighted by Crippen LogP contribution is 2.35. The summed E-state index contributed by atoms with van der Waals surface area (Å²) in [6.45, 7) is 0. The van der Waals surface area contributed by atoms with Crippen molar-refractivity contribution in [1.29, 1.82) is 0 Å². The van der Waals surface area contributed by atoms with E-state index in [0.29, 0.717) is 12.0 Å². The third-order valence-corrected chi connectivity index (χ3v) is 8.25. The molecule has 0 bridgehead atoms. The van der Waals surface area contributed by atoms with Gasteiger partial charge in [-0.15, -0.1) is 0 Å². The van der Waals surface area contributed by atoms with E-state index in [1.165, 1.54) is 12.1 Å². The third kappa shape index (κ3) is 4.35. The van der Waals surface area contributed by atoms with E-state index >= 15 is 0 Å². The van der Waals surface area contributed by atoms with Gasteiger partial charge < -0.3 is 9.30 Å². The van der Waals surface area contributed by atoms with Gasteiger partial charge in [0.05, 0.1) is 24.1 Å². The van der Waals surface area contributed by atoms with E-state index < -0.39 is 9.84 Å². The Labute approximate surface area is 197 Å². The summed E-state index contributed by atoms with van der Waals surface area (Å²) in [4.78, 5) is 13.0. The SMILES string of the molecule is COc1cccc(-c2cn(-c3ccc(F)cc3)c3cc(C(=O)CC4CCS(=O)(=O)C4)ccc23)c1. The van der Waals surface area contributed by atoms with Crippen molar-refractivity contribution in [3.63, 3.8) is 0 Å². The molecule has 0 spiro atoms. The van der Waals surface area contributed by atoms with Gasteiger partial charge in [-0.1, -0.05) is 24.3 Å². The standard InChI is InChI=1S/C27H24FNO4S/c1-33-23-4-2-3-19(14-23)25-16-29(22-8-6-21(28)7-9-22)26-15-20(5-10-24(25)26)27(30)13-18-11-12-34(31,32)17-18/h2-10,14-16,18H,11-13,17H2,1H3. The van der Waals surface area contributed by atoms with Gasteiger partial charge in [0.2, 0.25) is 0 Å². The molecule has 1 aliphatic rings. The van der Waals surface area contributed by atoms with Crippen LogP contribution in [0.1, 0.15) is 23.2 Å². The number of methoxy groups -OCH3 is 1. The summed E-state index contributed by atoms with van der Waals surface area (Å²) in [5.41, 5.74) is 4.04. The highest BCUT2D eigenvalue weighted by molar-refractivity contribution is 7.91. The minimum atomic E-state index is -3.03. The summed E-state index contributed by atoms with van der Waals surface area (Å²) >= 11 is 0. The van der Waals surface area contributed by atoms with Crippen LogP contribution in [0.5, 0.6) is 5.75 Å². The second-order valence-corrected chi connectivity index (χ2v) is 11.0. The number of ketones is 1. The Balaban J connectivity index is 1.59. The Morgan fingerprint density at radius 3 is 2.59 bits per heavy atom. The van der Waals surface area contributed by atoms with Crippen molar-refractivity contribution < 1.29 is 22.3 Å². The first kappa shape index (κ1) is 22.3. The van der Waals surface area contributed by atoms with E-state index in [1.807, 2.05) is 47.2 Å². The number of carbonyl (C=O) groups is 1. The van der Waals surface area contributed by atoms with Gasteiger partial charge >= 0.3 is 0 Å². The lowest BCUT2D eigenvalue weighted by molar-refractivity contribution is 0.0966. The van der Waals surface area contributed by atoms with Crippen LogP contribution in [0.25, 0.3) is 27.7 Å². The number of ether oxygens (including phenoxy) is 1. The maximum atomic E-state index is 13.6. The van der Waals surface area contributed by atoms with E-state index in [4.69, 9.17) is 4.74 Å². The average molecular weight is 478 g/mol. The van der Waals surface area contributed by atoms with Crippen LogP contribution >= 0.6 is 0 Å². The van der Waals surface area contributed by atoms with Crippen molar-refractivity contribution in [3.05, 3.63) is 84.3 Å². The third-order valence-electron chi connectivity index (χ3n) is 6.41. The molecule has 0 radical (unpaired) electrons. The minimum Gasteiger partial charge on any atom is -0.497 e. The fraction of sp³-hybridized carbons (Fsp3) is 0.222. The quantitative estimate of drug-likeness (QED) is 0.346. The molecule has 1 saturated heterocycles. The molecular weight excluding hydrogens is 453 g/mol. The maximum Gasteiger partial charge on any atom is 0.163 e. The Kier molecular flexibility index (Phi) is 5.73. The zero-order chi connectivity index (χ0) is 23.9. The molecule has 3 aromatic carbocycles. The van der Waals surface area contributed by atoms with E-state index in [2.05, 4.69) is 0 Å². The molecule has 0 amide bonds. The van der Waals surface area contributed by atoms with E-state index in [-0.39, 0.29) is 35.4 Å². The summed E-state index contributed by atoms with van der Waals surface area (Å²) in [5, 5.41) is 0.942. The van der Waals surface area contributed by atoms with Crippen LogP contribution in [0.15, 0.2) is 72.9 Å². The van der Waals surface area contributed by atoms with Crippen LogP contribution in [0.3, 0.4) is 0 Å². The number of Topliss-reactive ketones (excluding diaryl/α,β-unsaturated/α-hetero) is 1. The molecule has 5 rings (SSSR count). The van der Waals surface area contributed by atoms with Crippen LogP contribution in [0.2, 0.25) is 0 Å². The van der Waals surface area contributed by atoms with E-state index in [9.17, 15) is 17.6 Å². The predicted octanol–water partition coefficient (Wildman–Crippen LogP) is 5.45. The van der Waals surface area contributed by atoms with E-state index in [1.54, 1.807) is 25.3 Å². The number of benzene rings is 3. The Morgan fingerprint density at radius 1 is 1.09 bits per heavy atom. The fourth-order valence-corrected chi connectivity index (χ4v) is 6.51. The first-order valence-corrected chi connectivity index (χ1v) is 12.9.